The Morgan fingerprint density at radius 1 is 0.852 bits per heavy atom. The number of hydrogen-bond acceptors (Lipinski definition) is 12. The van der Waals surface area contributed by atoms with Crippen molar-refractivity contribution in [2.45, 2.75) is 56.8 Å². The molecule has 2 aromatic carbocycles. The first-order chi connectivity index (χ1) is 29.4. The van der Waals surface area contributed by atoms with E-state index in [2.05, 4.69) is 30.3 Å². The molecule has 3 aromatic rings. The number of halogens is 3. The van der Waals surface area contributed by atoms with Crippen LogP contribution in [0.15, 0.2) is 54.7 Å². The summed E-state index contributed by atoms with van der Waals surface area (Å²) in [6.07, 6.45) is 0.0666. The van der Waals surface area contributed by atoms with Gasteiger partial charge in [0.25, 0.3) is 11.8 Å². The monoisotopic (exact) mass is 841 g/mol. The van der Waals surface area contributed by atoms with E-state index in [1.807, 2.05) is 12.1 Å². The minimum Gasteiger partial charge on any atom is -0.377 e. The number of fused-ring (bicyclic) bond motifs is 1. The number of aromatic nitrogens is 1. The molecule has 6 heterocycles. The topological polar surface area (TPSA) is 172 Å². The second-order valence-electron chi connectivity index (χ2n) is 16.0. The van der Waals surface area contributed by atoms with Gasteiger partial charge in [-0.2, -0.15) is 18.4 Å². The zero-order valence-electron chi connectivity index (χ0n) is 33.5. The summed E-state index contributed by atoms with van der Waals surface area (Å²) in [5, 5.41) is 14.2. The van der Waals surface area contributed by atoms with Crippen molar-refractivity contribution < 1.29 is 41.9 Å². The predicted octanol–water partition coefficient (Wildman–Crippen LogP) is 4.04. The maximum atomic E-state index is 13.6. The number of ether oxygens (including phenoxy) is 1. The van der Waals surface area contributed by atoms with E-state index >= 15 is 0 Å². The molecule has 0 saturated carbocycles. The average Bonchev–Trinajstić information content (AvgIpc) is 3.52. The standard InChI is InChI=1S/C43H46F3N9O6/c44-43(45,46)33-24-29(5-4-28(33)25-47)52-14-10-27(11-15-52)39(57)49-36-8-6-30(26-48-36)53-16-12-31(13-17-53)61-23-22-51-18-20-54(21-19-51)34-3-1-2-32-38(34)42(60)55(41(32)59)35-7-9-37(56)50-40(35)58/h1-6,8,24,26-27,31,35H,7,9-23H2,(H,48,49,57)(H,50,56,58). The van der Waals surface area contributed by atoms with Gasteiger partial charge in [-0.1, -0.05) is 6.07 Å². The molecule has 0 aliphatic carbocycles. The number of anilines is 4. The Kier molecular flexibility index (Phi) is 12.0. The molecule has 5 amide bonds. The van der Waals surface area contributed by atoms with Gasteiger partial charge in [0.1, 0.15) is 11.9 Å². The van der Waals surface area contributed by atoms with E-state index in [0.29, 0.717) is 68.4 Å². The largest absolute Gasteiger partial charge is 0.417 e. The van der Waals surface area contributed by atoms with Crippen LogP contribution in [0, 0.1) is 17.2 Å². The lowest BCUT2D eigenvalue weighted by atomic mass is 9.95. The number of hydrogen-bond donors (Lipinski definition) is 2. The molecular formula is C43H46F3N9O6. The SMILES string of the molecule is N#Cc1ccc(N2CCC(C(=O)Nc3ccc(N4CCC(OCCN5CCN(c6cccc7c6C(=O)N(C6CCC(=O)NC6=O)C7=O)CC5)CC4)cn3)CC2)cc1C(F)(F)F. The molecule has 8 rings (SSSR count). The van der Waals surface area contributed by atoms with E-state index < -0.39 is 47.0 Å². The Balaban J connectivity index is 0.740. The Labute approximate surface area is 350 Å². The van der Waals surface area contributed by atoms with Crippen LogP contribution >= 0.6 is 0 Å². The molecule has 320 valence electrons. The van der Waals surface area contributed by atoms with Crippen LogP contribution in [0.3, 0.4) is 0 Å². The number of piperidine rings is 3. The van der Waals surface area contributed by atoms with E-state index in [4.69, 9.17) is 10.00 Å². The lowest BCUT2D eigenvalue weighted by Gasteiger charge is -2.37. The van der Waals surface area contributed by atoms with E-state index in [9.17, 15) is 37.1 Å². The summed E-state index contributed by atoms with van der Waals surface area (Å²) >= 11 is 0. The highest BCUT2D eigenvalue weighted by atomic mass is 19.4. The second-order valence-corrected chi connectivity index (χ2v) is 16.0. The van der Waals surface area contributed by atoms with Crippen molar-refractivity contribution in [3.63, 3.8) is 0 Å². The number of nitriles is 1. The van der Waals surface area contributed by atoms with Crippen molar-refractivity contribution in [2.75, 3.05) is 85.5 Å². The summed E-state index contributed by atoms with van der Waals surface area (Å²) in [7, 11) is 0. The third-order valence-corrected chi connectivity index (χ3v) is 12.4. The van der Waals surface area contributed by atoms with Crippen LogP contribution in [0.4, 0.5) is 36.1 Å². The average molecular weight is 842 g/mol. The number of rotatable bonds is 10. The van der Waals surface area contributed by atoms with Gasteiger partial charge in [0.15, 0.2) is 0 Å². The van der Waals surface area contributed by atoms with Crippen molar-refractivity contribution in [1.82, 2.24) is 20.1 Å². The van der Waals surface area contributed by atoms with Gasteiger partial charge in [0, 0.05) is 76.9 Å². The van der Waals surface area contributed by atoms with Gasteiger partial charge in [-0.25, -0.2) is 4.98 Å². The highest BCUT2D eigenvalue weighted by Gasteiger charge is 2.46. The summed E-state index contributed by atoms with van der Waals surface area (Å²) in [5.74, 6) is -2.10. The number of piperazine rings is 1. The summed E-state index contributed by atoms with van der Waals surface area (Å²) < 4.78 is 46.7. The van der Waals surface area contributed by atoms with Crippen LogP contribution in [0.5, 0.6) is 0 Å². The number of imide groups is 2. The summed E-state index contributed by atoms with van der Waals surface area (Å²) in [5.41, 5.74) is 1.21. The minimum absolute atomic E-state index is 0.0688. The maximum Gasteiger partial charge on any atom is 0.417 e. The number of carbonyl (C=O) groups is 5. The van der Waals surface area contributed by atoms with Crippen LogP contribution in [0.2, 0.25) is 0 Å². The highest BCUT2D eigenvalue weighted by molar-refractivity contribution is 6.25. The van der Waals surface area contributed by atoms with Crippen molar-refractivity contribution in [3.05, 3.63) is 77.0 Å². The zero-order chi connectivity index (χ0) is 42.8. The van der Waals surface area contributed by atoms with Crippen LogP contribution in [0.1, 0.15) is 70.4 Å². The van der Waals surface area contributed by atoms with Crippen molar-refractivity contribution in [2.24, 2.45) is 5.92 Å². The van der Waals surface area contributed by atoms with E-state index in [-0.39, 0.29) is 36.3 Å². The molecule has 0 radical (unpaired) electrons. The third kappa shape index (κ3) is 8.89. The predicted molar refractivity (Wildman–Crippen MR) is 217 cm³/mol. The molecule has 0 bridgehead atoms. The number of amides is 5. The van der Waals surface area contributed by atoms with Gasteiger partial charge < -0.3 is 24.8 Å². The molecular weight excluding hydrogens is 796 g/mol. The summed E-state index contributed by atoms with van der Waals surface area (Å²) in [4.78, 5) is 78.0. The fourth-order valence-electron chi connectivity index (χ4n) is 8.94. The Morgan fingerprint density at radius 2 is 1.56 bits per heavy atom. The Hall–Kier alpha value is -6.06. The van der Waals surface area contributed by atoms with Crippen LogP contribution in [-0.2, 0) is 25.3 Å². The first-order valence-corrected chi connectivity index (χ1v) is 20.7. The van der Waals surface area contributed by atoms with Crippen LogP contribution < -0.4 is 25.3 Å². The molecule has 0 spiro atoms. The lowest BCUT2D eigenvalue weighted by molar-refractivity contribution is -0.138. The number of carbonyl (C=O) groups excluding carboxylic acids is 5. The zero-order valence-corrected chi connectivity index (χ0v) is 33.5. The first-order valence-electron chi connectivity index (χ1n) is 20.7. The molecule has 1 unspecified atom stereocenters. The van der Waals surface area contributed by atoms with Gasteiger partial charge in [0.05, 0.1) is 58.6 Å². The maximum absolute atomic E-state index is 13.6. The molecule has 2 N–H and O–H groups in total. The second kappa shape index (κ2) is 17.5. The van der Waals surface area contributed by atoms with E-state index in [1.165, 1.54) is 12.1 Å². The van der Waals surface area contributed by atoms with E-state index in [1.54, 1.807) is 35.4 Å². The van der Waals surface area contributed by atoms with Crippen molar-refractivity contribution in [3.8, 4) is 6.07 Å². The Morgan fingerprint density at radius 3 is 2.23 bits per heavy atom. The summed E-state index contributed by atoms with van der Waals surface area (Å²) in [6, 6.07) is 13.2. The molecule has 1 aromatic heterocycles. The van der Waals surface area contributed by atoms with E-state index in [0.717, 1.165) is 62.2 Å². The number of alkyl halides is 3. The molecule has 15 nitrogen and oxygen atoms in total. The smallest absolute Gasteiger partial charge is 0.377 e. The molecule has 61 heavy (non-hydrogen) atoms. The number of pyridine rings is 1. The van der Waals surface area contributed by atoms with Gasteiger partial charge >= 0.3 is 6.18 Å². The lowest BCUT2D eigenvalue weighted by Crippen LogP contribution is -2.54. The number of benzene rings is 2. The van der Waals surface area contributed by atoms with Crippen LogP contribution in [0.25, 0.3) is 0 Å². The van der Waals surface area contributed by atoms with Crippen molar-refractivity contribution in [1.29, 1.82) is 5.26 Å². The molecule has 1 atom stereocenters. The first kappa shape index (κ1) is 41.7. The summed E-state index contributed by atoms with van der Waals surface area (Å²) in [6.45, 7) is 6.57. The highest BCUT2D eigenvalue weighted by Crippen LogP contribution is 2.37. The minimum atomic E-state index is -4.63. The molecule has 4 saturated heterocycles. The molecule has 4 fully saturated rings. The third-order valence-electron chi connectivity index (χ3n) is 12.4. The normalized spacial score (nSPS) is 20.8. The number of nitrogens with zero attached hydrogens (tertiary/aromatic N) is 7. The molecule has 5 aliphatic rings. The number of nitrogens with one attached hydrogen (secondary N) is 2. The van der Waals surface area contributed by atoms with Gasteiger partial charge in [-0.15, -0.1) is 0 Å². The van der Waals surface area contributed by atoms with Crippen LogP contribution in [-0.4, -0.2) is 122 Å². The Bertz CT molecular complexity index is 2220. The van der Waals surface area contributed by atoms with Gasteiger partial charge in [0.2, 0.25) is 17.7 Å². The fraction of sp³-hybridized carbons (Fsp3) is 0.465. The molecule has 5 aliphatic heterocycles. The van der Waals surface area contributed by atoms with Gasteiger partial charge in [-0.05, 0) is 74.6 Å². The molecule has 18 heteroatoms. The quantitative estimate of drug-likeness (QED) is 0.282. The van der Waals surface area contributed by atoms with Gasteiger partial charge in [-0.3, -0.25) is 39.1 Å². The van der Waals surface area contributed by atoms with Crippen molar-refractivity contribution >= 4 is 52.4 Å². The fourth-order valence-corrected chi connectivity index (χ4v) is 8.94.